The van der Waals surface area contributed by atoms with Crippen molar-refractivity contribution in [2.45, 2.75) is 30.4 Å². The zero-order valence-corrected chi connectivity index (χ0v) is 13.3. The molecule has 1 aromatic rings. The minimum absolute atomic E-state index is 0.0543. The summed E-state index contributed by atoms with van der Waals surface area (Å²) < 4.78 is 40.6. The average Bonchev–Trinajstić information content (AvgIpc) is 2.96. The van der Waals surface area contributed by atoms with Gasteiger partial charge in [-0.2, -0.15) is 8.42 Å². The van der Waals surface area contributed by atoms with E-state index in [-0.39, 0.29) is 17.4 Å². The first-order valence-electron chi connectivity index (χ1n) is 7.43. The molecule has 1 atom stereocenters. The van der Waals surface area contributed by atoms with Crippen molar-refractivity contribution < 1.29 is 22.1 Å². The van der Waals surface area contributed by atoms with E-state index < -0.39 is 15.9 Å². The lowest BCUT2D eigenvalue weighted by atomic mass is 9.93. The van der Waals surface area contributed by atoms with Crippen LogP contribution in [-0.2, 0) is 23.8 Å². The van der Waals surface area contributed by atoms with Crippen molar-refractivity contribution in [3.63, 3.8) is 0 Å². The van der Waals surface area contributed by atoms with Gasteiger partial charge in [0, 0.05) is 12.3 Å². The Bertz CT molecular complexity index is 642. The second-order valence-electron chi connectivity index (χ2n) is 5.72. The van der Waals surface area contributed by atoms with Crippen LogP contribution in [0.1, 0.15) is 18.4 Å². The third kappa shape index (κ3) is 3.41. The second-order valence-corrected chi connectivity index (χ2v) is 7.33. The quantitative estimate of drug-likeness (QED) is 0.629. The van der Waals surface area contributed by atoms with Crippen LogP contribution in [-0.4, -0.2) is 34.0 Å². The molecule has 6 heteroatoms. The molecule has 1 saturated heterocycles. The number of aryl methyl sites for hydroxylation is 1. The number of hydrogen-bond acceptors (Lipinski definition) is 5. The summed E-state index contributed by atoms with van der Waals surface area (Å²) >= 11 is 0. The molecule has 1 aliphatic heterocycles. The van der Waals surface area contributed by atoms with Gasteiger partial charge in [-0.05, 0) is 31.6 Å². The normalized spacial score (nSPS) is 24.0. The summed E-state index contributed by atoms with van der Waals surface area (Å²) in [6.45, 7) is 3.26. The second kappa shape index (κ2) is 6.12. The molecule has 5 nitrogen and oxygen atoms in total. The fraction of sp³-hybridized carbons (Fsp3) is 0.500. The topological polar surface area (TPSA) is 61.8 Å². The first kappa shape index (κ1) is 15.7. The fourth-order valence-electron chi connectivity index (χ4n) is 2.65. The van der Waals surface area contributed by atoms with Crippen LogP contribution >= 0.6 is 0 Å². The zero-order valence-electron chi connectivity index (χ0n) is 12.5. The number of rotatable bonds is 4. The maximum atomic E-state index is 12.1. The van der Waals surface area contributed by atoms with Crippen LogP contribution in [0.2, 0.25) is 0 Å². The van der Waals surface area contributed by atoms with Gasteiger partial charge in [0.25, 0.3) is 10.1 Å². The summed E-state index contributed by atoms with van der Waals surface area (Å²) in [7, 11) is -3.70. The van der Waals surface area contributed by atoms with Crippen LogP contribution in [0.4, 0.5) is 0 Å². The minimum Gasteiger partial charge on any atom is -0.344 e. The van der Waals surface area contributed by atoms with E-state index in [0.29, 0.717) is 13.2 Å². The lowest BCUT2D eigenvalue weighted by Crippen LogP contribution is -2.32. The predicted molar refractivity (Wildman–Crippen MR) is 80.8 cm³/mol. The average molecular weight is 324 g/mol. The highest BCUT2D eigenvalue weighted by atomic mass is 32.2. The molecule has 1 spiro atoms. The molecule has 1 unspecified atom stereocenters. The first-order chi connectivity index (χ1) is 10.5. The Kier molecular flexibility index (Phi) is 4.36. The van der Waals surface area contributed by atoms with Gasteiger partial charge in [0.2, 0.25) is 0 Å². The van der Waals surface area contributed by atoms with Gasteiger partial charge in [-0.25, -0.2) is 0 Å². The highest BCUT2D eigenvalue weighted by Crippen LogP contribution is 2.33. The van der Waals surface area contributed by atoms with Crippen molar-refractivity contribution >= 4 is 10.1 Å². The van der Waals surface area contributed by atoms with Crippen LogP contribution < -0.4 is 0 Å². The molecular formula is C16H20O5S. The van der Waals surface area contributed by atoms with Crippen molar-refractivity contribution in [2.75, 3.05) is 19.8 Å². The molecule has 0 saturated carbocycles. The summed E-state index contributed by atoms with van der Waals surface area (Å²) in [5.41, 5.74) is 1.01. The molecule has 0 aromatic heterocycles. The smallest absolute Gasteiger partial charge is 0.296 e. The van der Waals surface area contributed by atoms with Crippen LogP contribution in [0.25, 0.3) is 0 Å². The molecule has 22 heavy (non-hydrogen) atoms. The van der Waals surface area contributed by atoms with Gasteiger partial charge in [-0.15, -0.1) is 0 Å². The Balaban J connectivity index is 1.59. The van der Waals surface area contributed by atoms with Crippen molar-refractivity contribution in [3.8, 4) is 0 Å². The summed E-state index contributed by atoms with van der Waals surface area (Å²) in [6.07, 6.45) is 5.32. The summed E-state index contributed by atoms with van der Waals surface area (Å²) in [4.78, 5) is 0.191. The van der Waals surface area contributed by atoms with Crippen molar-refractivity contribution in [1.29, 1.82) is 0 Å². The van der Waals surface area contributed by atoms with E-state index in [0.717, 1.165) is 18.4 Å². The standard InChI is InChI=1S/C16H20O5S/c1-13-2-4-15(5-3-13)22(17,18)21-12-14-6-8-16(9-7-14)19-10-11-20-16/h2-6,8,14H,7,9-12H2,1H3. The third-order valence-electron chi connectivity index (χ3n) is 4.01. The highest BCUT2D eigenvalue weighted by Gasteiger charge is 2.37. The predicted octanol–water partition coefficient (Wildman–Crippen LogP) is 2.41. The van der Waals surface area contributed by atoms with Gasteiger partial charge in [0.15, 0.2) is 5.79 Å². The molecule has 3 rings (SSSR count). The maximum Gasteiger partial charge on any atom is 0.296 e. The van der Waals surface area contributed by atoms with Crippen LogP contribution in [0.15, 0.2) is 41.3 Å². The first-order valence-corrected chi connectivity index (χ1v) is 8.83. The van der Waals surface area contributed by atoms with Gasteiger partial charge < -0.3 is 9.47 Å². The van der Waals surface area contributed by atoms with E-state index in [1.54, 1.807) is 24.3 Å². The Labute approximate surface area is 131 Å². The van der Waals surface area contributed by atoms with E-state index >= 15 is 0 Å². The minimum atomic E-state index is -3.70. The molecule has 1 heterocycles. The molecule has 120 valence electrons. The summed E-state index contributed by atoms with van der Waals surface area (Å²) in [6, 6.07) is 6.65. The molecule has 1 aromatic carbocycles. The van der Waals surface area contributed by atoms with E-state index in [1.807, 2.05) is 19.1 Å². The number of benzene rings is 1. The van der Waals surface area contributed by atoms with E-state index in [4.69, 9.17) is 13.7 Å². The molecular weight excluding hydrogens is 304 g/mol. The Morgan fingerprint density at radius 2 is 1.91 bits per heavy atom. The molecule has 0 radical (unpaired) electrons. The number of hydrogen-bond donors (Lipinski definition) is 0. The van der Waals surface area contributed by atoms with Gasteiger partial charge >= 0.3 is 0 Å². The van der Waals surface area contributed by atoms with E-state index in [1.165, 1.54) is 0 Å². The van der Waals surface area contributed by atoms with Crippen molar-refractivity contribution in [2.24, 2.45) is 5.92 Å². The maximum absolute atomic E-state index is 12.1. The lowest BCUT2D eigenvalue weighted by molar-refractivity contribution is -0.127. The molecule has 0 amide bonds. The van der Waals surface area contributed by atoms with Gasteiger partial charge in [0.1, 0.15) is 0 Å². The fourth-order valence-corrected chi connectivity index (χ4v) is 3.61. The highest BCUT2D eigenvalue weighted by molar-refractivity contribution is 7.86. The molecule has 2 aliphatic rings. The molecule has 1 fully saturated rings. The van der Waals surface area contributed by atoms with E-state index in [9.17, 15) is 8.42 Å². The van der Waals surface area contributed by atoms with Crippen LogP contribution in [0, 0.1) is 12.8 Å². The zero-order chi connectivity index (χ0) is 15.6. The van der Waals surface area contributed by atoms with Crippen molar-refractivity contribution in [3.05, 3.63) is 42.0 Å². The van der Waals surface area contributed by atoms with Crippen LogP contribution in [0.3, 0.4) is 0 Å². The Hall–Kier alpha value is -1.21. The lowest BCUT2D eigenvalue weighted by Gasteiger charge is -2.29. The monoisotopic (exact) mass is 324 g/mol. The summed E-state index contributed by atoms with van der Waals surface area (Å²) in [5.74, 6) is -0.537. The van der Waals surface area contributed by atoms with Gasteiger partial charge in [-0.3, -0.25) is 4.18 Å². The largest absolute Gasteiger partial charge is 0.344 e. The SMILES string of the molecule is Cc1ccc(S(=O)(=O)OCC2C=CC3(CC2)OCCO3)cc1. The van der Waals surface area contributed by atoms with Crippen molar-refractivity contribution in [1.82, 2.24) is 0 Å². The Morgan fingerprint density at radius 1 is 1.23 bits per heavy atom. The molecule has 1 aliphatic carbocycles. The summed E-state index contributed by atoms with van der Waals surface area (Å²) in [5, 5.41) is 0. The van der Waals surface area contributed by atoms with Gasteiger partial charge in [0.05, 0.1) is 24.7 Å². The van der Waals surface area contributed by atoms with Gasteiger partial charge in [-0.1, -0.05) is 23.8 Å². The van der Waals surface area contributed by atoms with Crippen LogP contribution in [0.5, 0.6) is 0 Å². The molecule has 0 N–H and O–H groups in total. The van der Waals surface area contributed by atoms with E-state index in [2.05, 4.69) is 0 Å². The third-order valence-corrected chi connectivity index (χ3v) is 5.30. The Morgan fingerprint density at radius 3 is 2.50 bits per heavy atom. The molecule has 0 bridgehead atoms. The number of ether oxygens (including phenoxy) is 2.